The summed E-state index contributed by atoms with van der Waals surface area (Å²) in [5.41, 5.74) is -1.92. The van der Waals surface area contributed by atoms with Gasteiger partial charge >= 0.3 is 0 Å². The molecule has 292 valence electrons. The molecule has 53 heavy (non-hydrogen) atoms. The van der Waals surface area contributed by atoms with Gasteiger partial charge in [0.15, 0.2) is 23.1 Å². The number of Topliss-reactive ketones (excluding diaryl/α,β-unsaturated/α-hetero) is 2. The Kier molecular flexibility index (Phi) is 8.94. The van der Waals surface area contributed by atoms with Crippen molar-refractivity contribution < 1.29 is 39.6 Å². The Hall–Kier alpha value is -2.00. The molecule has 15 atom stereocenters. The van der Waals surface area contributed by atoms with Crippen molar-refractivity contribution in [3.8, 4) is 0 Å². The highest BCUT2D eigenvalue weighted by molar-refractivity contribution is 5.93. The van der Waals surface area contributed by atoms with E-state index < -0.39 is 46.8 Å². The van der Waals surface area contributed by atoms with E-state index >= 15 is 0 Å². The van der Waals surface area contributed by atoms with E-state index in [-0.39, 0.29) is 52.0 Å². The molecule has 0 spiro atoms. The van der Waals surface area contributed by atoms with Crippen molar-refractivity contribution in [2.45, 2.75) is 142 Å². The van der Waals surface area contributed by atoms with E-state index in [0.29, 0.717) is 49.4 Å². The molecule has 0 bridgehead atoms. The first-order chi connectivity index (χ1) is 24.9. The van der Waals surface area contributed by atoms with Crippen molar-refractivity contribution >= 4 is 23.1 Å². The zero-order valence-corrected chi connectivity index (χ0v) is 32.8. The third-order valence-corrected chi connectivity index (χ3v) is 19.3. The number of carbonyl (C=O) groups is 4. The molecule has 8 aliphatic carbocycles. The number of rotatable bonds is 7. The van der Waals surface area contributed by atoms with Gasteiger partial charge in [0.05, 0.1) is 0 Å². The van der Waals surface area contributed by atoms with E-state index in [9.17, 15) is 39.6 Å². The molecule has 8 heteroatoms. The molecule has 9 unspecified atom stereocenters. The van der Waals surface area contributed by atoms with Crippen LogP contribution in [0.4, 0.5) is 0 Å². The second-order valence-corrected chi connectivity index (χ2v) is 20.5. The van der Waals surface area contributed by atoms with Gasteiger partial charge in [0.25, 0.3) is 0 Å². The average Bonchev–Trinajstić information content (AvgIpc) is 3.57. The topological polar surface area (TPSA) is 149 Å². The van der Waals surface area contributed by atoms with Crippen LogP contribution in [-0.2, 0) is 19.2 Å². The predicted molar refractivity (Wildman–Crippen MR) is 199 cm³/mol. The maximum Gasteiger partial charge on any atom is 0.190 e. The number of aliphatic hydroxyl groups is 4. The molecule has 8 rings (SSSR count). The molecule has 0 aromatic rings. The van der Waals surface area contributed by atoms with E-state index in [0.717, 1.165) is 70.6 Å². The first-order valence-electron chi connectivity index (χ1n) is 21.1. The summed E-state index contributed by atoms with van der Waals surface area (Å²) in [7, 11) is 0. The predicted octanol–water partition coefficient (Wildman–Crippen LogP) is 6.11. The number of carbonyl (C=O) groups excluding carboxylic acids is 4. The zero-order chi connectivity index (χ0) is 38.1. The lowest BCUT2D eigenvalue weighted by Crippen LogP contribution is -2.60. The minimum Gasteiger partial charge on any atom is -0.388 e. The van der Waals surface area contributed by atoms with Gasteiger partial charge in [-0.25, -0.2) is 0 Å². The summed E-state index contributed by atoms with van der Waals surface area (Å²) in [4.78, 5) is 53.0. The van der Waals surface area contributed by atoms with Gasteiger partial charge in [0, 0.05) is 23.7 Å². The van der Waals surface area contributed by atoms with Crippen LogP contribution in [0.3, 0.4) is 0 Å². The van der Waals surface area contributed by atoms with Crippen molar-refractivity contribution in [3.05, 3.63) is 23.3 Å². The van der Waals surface area contributed by atoms with Crippen LogP contribution < -0.4 is 0 Å². The van der Waals surface area contributed by atoms with Crippen molar-refractivity contribution in [1.29, 1.82) is 0 Å². The van der Waals surface area contributed by atoms with Crippen LogP contribution in [0.5, 0.6) is 0 Å². The molecule has 6 saturated carbocycles. The van der Waals surface area contributed by atoms with Gasteiger partial charge in [0.1, 0.15) is 24.4 Å². The third kappa shape index (κ3) is 4.86. The Bertz CT molecular complexity index is 1660. The first-order valence-corrected chi connectivity index (χ1v) is 21.1. The largest absolute Gasteiger partial charge is 0.388 e. The summed E-state index contributed by atoms with van der Waals surface area (Å²) >= 11 is 0. The lowest BCUT2D eigenvalue weighted by atomic mass is 9.42. The average molecular weight is 733 g/mol. The van der Waals surface area contributed by atoms with Crippen molar-refractivity contribution in [2.24, 2.45) is 74.9 Å². The molecule has 0 saturated heterocycles. The number of allylic oxidation sites excluding steroid dienone is 2. The normalized spacial score (nSPS) is 50.7. The molecular formula is C45H64O8. The van der Waals surface area contributed by atoms with Gasteiger partial charge in [-0.3, -0.25) is 19.2 Å². The van der Waals surface area contributed by atoms with Crippen LogP contribution >= 0.6 is 0 Å². The van der Waals surface area contributed by atoms with E-state index in [4.69, 9.17) is 0 Å². The summed E-state index contributed by atoms with van der Waals surface area (Å²) in [6.07, 6.45) is 15.0. The van der Waals surface area contributed by atoms with Crippen LogP contribution in [0.1, 0.15) is 131 Å². The number of aliphatic hydroxyl groups excluding tert-OH is 2. The molecular weight excluding hydrogens is 668 g/mol. The summed E-state index contributed by atoms with van der Waals surface area (Å²) < 4.78 is 0. The number of ketones is 4. The van der Waals surface area contributed by atoms with Gasteiger partial charge in [-0.05, 0) is 160 Å². The fourth-order valence-corrected chi connectivity index (χ4v) is 16.4. The zero-order valence-electron chi connectivity index (χ0n) is 32.8. The quantitative estimate of drug-likeness (QED) is 0.245. The standard InChI is InChI=1S/C45H64O8/c1-25(37-22-30(49)20-27-7-9-32-34-13-17-45(53,39(51)24-47)41(34,3)15-11-36(32)43(27,37)5)18-28-21-29(48)19-26-6-8-31-33-12-16-44(52,38(50)23-46)40(33,2)14-10-35(31)42(26,28)4/h19-20,25,28,31-37,46-47,52-53H,6-18,21-24H2,1-5H3/t25?,28?,31?,32?,33?,34?,35?,36?,37?,40-,41-,42+,43-,44-,45+/m0/s1. The highest BCUT2D eigenvalue weighted by Crippen LogP contribution is 2.71. The Labute approximate surface area is 315 Å². The summed E-state index contributed by atoms with van der Waals surface area (Å²) in [5.74, 6) is 1.71. The third-order valence-electron chi connectivity index (χ3n) is 19.3. The Morgan fingerprint density at radius 3 is 1.58 bits per heavy atom. The molecule has 6 fully saturated rings. The molecule has 0 heterocycles. The van der Waals surface area contributed by atoms with Crippen LogP contribution in [0.25, 0.3) is 0 Å². The molecule has 8 nitrogen and oxygen atoms in total. The molecule has 0 radical (unpaired) electrons. The summed E-state index contributed by atoms with van der Waals surface area (Å²) in [5, 5.41) is 43.2. The van der Waals surface area contributed by atoms with E-state index in [1.807, 2.05) is 12.2 Å². The molecule has 0 amide bonds. The maximum atomic E-state index is 13.5. The molecule has 4 N–H and O–H groups in total. The van der Waals surface area contributed by atoms with Crippen molar-refractivity contribution in [2.75, 3.05) is 13.2 Å². The minimum absolute atomic E-state index is 0.128. The second kappa shape index (κ2) is 12.5. The second-order valence-electron chi connectivity index (χ2n) is 20.5. The van der Waals surface area contributed by atoms with Gasteiger partial charge in [-0.15, -0.1) is 0 Å². The molecule has 0 aromatic heterocycles. The van der Waals surface area contributed by atoms with Gasteiger partial charge < -0.3 is 20.4 Å². The monoisotopic (exact) mass is 732 g/mol. The van der Waals surface area contributed by atoms with Crippen LogP contribution in [-0.4, -0.2) is 68.0 Å². The highest BCUT2D eigenvalue weighted by Gasteiger charge is 2.69. The van der Waals surface area contributed by atoms with E-state index in [1.165, 1.54) is 11.1 Å². The molecule has 0 aliphatic heterocycles. The Morgan fingerprint density at radius 1 is 0.660 bits per heavy atom. The van der Waals surface area contributed by atoms with Crippen molar-refractivity contribution in [1.82, 2.24) is 0 Å². The molecule has 8 aliphatic rings. The summed E-state index contributed by atoms with van der Waals surface area (Å²) in [6, 6.07) is 0. The summed E-state index contributed by atoms with van der Waals surface area (Å²) in [6.45, 7) is 10.1. The number of fused-ring (bicyclic) bond motifs is 10. The Morgan fingerprint density at radius 2 is 1.09 bits per heavy atom. The fraction of sp³-hybridized carbons (Fsp3) is 0.822. The van der Waals surface area contributed by atoms with E-state index in [1.54, 1.807) is 0 Å². The lowest BCUT2D eigenvalue weighted by molar-refractivity contribution is -0.168. The van der Waals surface area contributed by atoms with Gasteiger partial charge in [-0.1, -0.05) is 45.8 Å². The van der Waals surface area contributed by atoms with Gasteiger partial charge in [-0.2, -0.15) is 0 Å². The number of hydrogen-bond donors (Lipinski definition) is 4. The molecule has 0 aromatic carbocycles. The van der Waals surface area contributed by atoms with Crippen LogP contribution in [0, 0.1) is 74.9 Å². The Balaban J connectivity index is 1.09. The first kappa shape index (κ1) is 37.9. The van der Waals surface area contributed by atoms with Crippen LogP contribution in [0.2, 0.25) is 0 Å². The maximum absolute atomic E-state index is 13.5. The number of hydrogen-bond acceptors (Lipinski definition) is 8. The van der Waals surface area contributed by atoms with E-state index in [2.05, 4.69) is 34.6 Å². The lowest BCUT2D eigenvalue weighted by Gasteiger charge is -2.62. The highest BCUT2D eigenvalue weighted by atomic mass is 16.3. The van der Waals surface area contributed by atoms with Crippen LogP contribution in [0.15, 0.2) is 23.3 Å². The van der Waals surface area contributed by atoms with Gasteiger partial charge in [0.2, 0.25) is 0 Å². The SMILES string of the molecule is CC(CC1CC(=O)C=C2CCC3C(CC[C@@]4(C)C3CC[C@]4(O)C(=O)CO)[C@]21C)C1CC(=O)C=C2CCC3C(CC[C@@]4(C)C3CC[C@@]4(O)C(=O)CO)[C@]21C. The smallest absolute Gasteiger partial charge is 0.190 e. The van der Waals surface area contributed by atoms with Crippen molar-refractivity contribution in [3.63, 3.8) is 0 Å². The minimum atomic E-state index is -1.49. The fourth-order valence-electron chi connectivity index (χ4n) is 16.4.